The summed E-state index contributed by atoms with van der Waals surface area (Å²) in [7, 11) is 1.10. The van der Waals surface area contributed by atoms with E-state index in [4.69, 9.17) is 5.26 Å². The van der Waals surface area contributed by atoms with E-state index in [9.17, 15) is 13.2 Å². The molecule has 6 heteroatoms. The van der Waals surface area contributed by atoms with E-state index in [1.54, 1.807) is 0 Å². The monoisotopic (exact) mass is 202 g/mol. The molecule has 1 rings (SSSR count). The number of halogens is 3. The highest BCUT2D eigenvalue weighted by Crippen LogP contribution is 2.37. The molecular formula is C8H5F3N2O. The van der Waals surface area contributed by atoms with Crippen molar-refractivity contribution in [3.8, 4) is 11.8 Å². The number of alkyl halides is 3. The van der Waals surface area contributed by atoms with Crippen molar-refractivity contribution in [3.63, 3.8) is 0 Å². The number of rotatable bonds is 1. The second-order valence-corrected chi connectivity index (χ2v) is 2.35. The molecule has 0 aliphatic rings. The number of aromatic nitrogens is 1. The molecule has 74 valence electrons. The summed E-state index contributed by atoms with van der Waals surface area (Å²) in [5.41, 5.74) is -1.82. The highest BCUT2D eigenvalue weighted by molar-refractivity contribution is 5.43. The van der Waals surface area contributed by atoms with Gasteiger partial charge in [0.1, 0.15) is 17.4 Å². The van der Waals surface area contributed by atoms with Crippen LogP contribution in [-0.2, 0) is 6.18 Å². The van der Waals surface area contributed by atoms with Crippen molar-refractivity contribution in [2.75, 3.05) is 7.11 Å². The number of pyridine rings is 1. The zero-order valence-corrected chi connectivity index (χ0v) is 7.09. The fourth-order valence-corrected chi connectivity index (χ4v) is 0.973. The molecule has 0 aliphatic carbocycles. The minimum absolute atomic E-state index is 0.399. The van der Waals surface area contributed by atoms with Gasteiger partial charge in [0, 0.05) is 6.20 Å². The molecule has 1 aromatic heterocycles. The van der Waals surface area contributed by atoms with Gasteiger partial charge in [0.25, 0.3) is 0 Å². The topological polar surface area (TPSA) is 45.9 Å². The lowest BCUT2D eigenvalue weighted by atomic mass is 10.2. The van der Waals surface area contributed by atoms with Crippen LogP contribution >= 0.6 is 0 Å². The first-order valence-electron chi connectivity index (χ1n) is 3.51. The van der Waals surface area contributed by atoms with Crippen LogP contribution in [0.2, 0.25) is 0 Å². The summed E-state index contributed by atoms with van der Waals surface area (Å²) in [6.45, 7) is 0. The number of nitriles is 1. The van der Waals surface area contributed by atoms with Crippen LogP contribution in [0.15, 0.2) is 12.3 Å². The van der Waals surface area contributed by atoms with Crippen molar-refractivity contribution >= 4 is 0 Å². The Bertz CT molecular complexity index is 381. The van der Waals surface area contributed by atoms with E-state index >= 15 is 0 Å². The summed E-state index contributed by atoms with van der Waals surface area (Å²) in [6.07, 6.45) is -3.54. The lowest BCUT2D eigenvalue weighted by Crippen LogP contribution is -2.11. The van der Waals surface area contributed by atoms with Crippen LogP contribution < -0.4 is 4.74 Å². The van der Waals surface area contributed by atoms with Crippen LogP contribution in [0, 0.1) is 11.3 Å². The van der Waals surface area contributed by atoms with Gasteiger partial charge in [-0.25, -0.2) is 4.98 Å². The second kappa shape index (κ2) is 3.54. The smallest absolute Gasteiger partial charge is 0.422 e. The number of hydrogen-bond acceptors (Lipinski definition) is 3. The Morgan fingerprint density at radius 1 is 1.50 bits per heavy atom. The lowest BCUT2D eigenvalue weighted by Gasteiger charge is -2.11. The predicted octanol–water partition coefficient (Wildman–Crippen LogP) is 1.98. The van der Waals surface area contributed by atoms with Gasteiger partial charge < -0.3 is 4.74 Å². The zero-order chi connectivity index (χ0) is 10.8. The van der Waals surface area contributed by atoms with E-state index in [0.717, 1.165) is 19.4 Å². The van der Waals surface area contributed by atoms with E-state index in [2.05, 4.69) is 9.72 Å². The highest BCUT2D eigenvalue weighted by atomic mass is 19.4. The molecular weight excluding hydrogens is 197 g/mol. The molecule has 0 spiro atoms. The SMILES string of the molecule is COc1ccnc(C#N)c1C(F)(F)F. The van der Waals surface area contributed by atoms with Gasteiger partial charge in [0.15, 0.2) is 5.69 Å². The van der Waals surface area contributed by atoms with E-state index in [-0.39, 0.29) is 0 Å². The number of hydrogen-bond donors (Lipinski definition) is 0. The number of ether oxygens (including phenoxy) is 1. The Kier molecular flexibility index (Phi) is 2.60. The number of methoxy groups -OCH3 is 1. The van der Waals surface area contributed by atoms with Crippen molar-refractivity contribution < 1.29 is 17.9 Å². The summed E-state index contributed by atoms with van der Waals surface area (Å²) in [4.78, 5) is 3.31. The summed E-state index contributed by atoms with van der Waals surface area (Å²) in [6, 6.07) is 2.42. The first-order valence-corrected chi connectivity index (χ1v) is 3.51. The Balaban J connectivity index is 3.44. The van der Waals surface area contributed by atoms with Gasteiger partial charge >= 0.3 is 6.18 Å². The number of nitrogens with zero attached hydrogens (tertiary/aromatic N) is 2. The van der Waals surface area contributed by atoms with Gasteiger partial charge in [-0.15, -0.1) is 0 Å². The maximum absolute atomic E-state index is 12.4. The molecule has 0 bridgehead atoms. The molecule has 0 aromatic carbocycles. The third-order valence-electron chi connectivity index (χ3n) is 1.52. The minimum Gasteiger partial charge on any atom is -0.496 e. The maximum Gasteiger partial charge on any atom is 0.422 e. The van der Waals surface area contributed by atoms with Gasteiger partial charge in [0.05, 0.1) is 7.11 Å². The van der Waals surface area contributed by atoms with Crippen molar-refractivity contribution in [3.05, 3.63) is 23.5 Å². The van der Waals surface area contributed by atoms with E-state index in [1.807, 2.05) is 0 Å². The van der Waals surface area contributed by atoms with Crippen molar-refractivity contribution in [1.29, 1.82) is 5.26 Å². The molecule has 0 fully saturated rings. The molecule has 0 atom stereocenters. The standard InChI is InChI=1S/C8H5F3N2O/c1-14-6-2-3-13-5(4-12)7(6)8(9,10)11/h2-3H,1H3. The third-order valence-corrected chi connectivity index (χ3v) is 1.52. The van der Waals surface area contributed by atoms with Gasteiger partial charge in [0.2, 0.25) is 0 Å². The molecule has 0 radical (unpaired) electrons. The molecule has 0 N–H and O–H groups in total. The zero-order valence-electron chi connectivity index (χ0n) is 7.09. The van der Waals surface area contributed by atoms with Crippen LogP contribution in [0.1, 0.15) is 11.3 Å². The van der Waals surface area contributed by atoms with Crippen LogP contribution in [0.3, 0.4) is 0 Å². The summed E-state index contributed by atoms with van der Waals surface area (Å²) >= 11 is 0. The van der Waals surface area contributed by atoms with Gasteiger partial charge in [-0.05, 0) is 6.07 Å². The molecule has 1 heterocycles. The summed E-state index contributed by atoms with van der Waals surface area (Å²) in [5.74, 6) is -0.399. The quantitative estimate of drug-likeness (QED) is 0.699. The molecule has 14 heavy (non-hydrogen) atoms. The fraction of sp³-hybridized carbons (Fsp3) is 0.250. The largest absolute Gasteiger partial charge is 0.496 e. The highest BCUT2D eigenvalue weighted by Gasteiger charge is 2.38. The molecule has 3 nitrogen and oxygen atoms in total. The molecule has 0 saturated heterocycles. The minimum atomic E-state index is -4.63. The molecule has 1 aromatic rings. The van der Waals surface area contributed by atoms with Crippen molar-refractivity contribution in [2.24, 2.45) is 0 Å². The van der Waals surface area contributed by atoms with E-state index in [0.29, 0.717) is 0 Å². The van der Waals surface area contributed by atoms with Gasteiger partial charge in [-0.3, -0.25) is 0 Å². The molecule has 0 saturated carbocycles. The average Bonchev–Trinajstić information content (AvgIpc) is 2.15. The van der Waals surface area contributed by atoms with Crippen LogP contribution in [0.5, 0.6) is 5.75 Å². The van der Waals surface area contributed by atoms with E-state index < -0.39 is 23.2 Å². The van der Waals surface area contributed by atoms with Crippen LogP contribution in [-0.4, -0.2) is 12.1 Å². The average molecular weight is 202 g/mol. The normalized spacial score (nSPS) is 10.8. The Labute approximate surface area is 77.7 Å². The Morgan fingerprint density at radius 3 is 2.57 bits per heavy atom. The Hall–Kier alpha value is -1.77. The van der Waals surface area contributed by atoms with Crippen LogP contribution in [0.4, 0.5) is 13.2 Å². The van der Waals surface area contributed by atoms with Gasteiger partial charge in [-0.2, -0.15) is 18.4 Å². The first-order chi connectivity index (χ1) is 6.50. The van der Waals surface area contributed by atoms with Crippen molar-refractivity contribution in [1.82, 2.24) is 4.98 Å². The molecule has 0 unspecified atom stereocenters. The summed E-state index contributed by atoms with van der Waals surface area (Å²) in [5, 5.41) is 8.43. The maximum atomic E-state index is 12.4. The Morgan fingerprint density at radius 2 is 2.14 bits per heavy atom. The van der Waals surface area contributed by atoms with Gasteiger partial charge in [-0.1, -0.05) is 0 Å². The summed E-state index contributed by atoms with van der Waals surface area (Å²) < 4.78 is 41.7. The van der Waals surface area contributed by atoms with Crippen LogP contribution in [0.25, 0.3) is 0 Å². The first kappa shape index (κ1) is 10.3. The fourth-order valence-electron chi connectivity index (χ4n) is 0.973. The second-order valence-electron chi connectivity index (χ2n) is 2.35. The molecule has 0 aliphatic heterocycles. The third kappa shape index (κ3) is 1.76. The molecule has 0 amide bonds. The lowest BCUT2D eigenvalue weighted by molar-refractivity contribution is -0.139. The van der Waals surface area contributed by atoms with E-state index in [1.165, 1.54) is 6.07 Å². The van der Waals surface area contributed by atoms with Crippen molar-refractivity contribution in [2.45, 2.75) is 6.18 Å². The predicted molar refractivity (Wildman–Crippen MR) is 40.5 cm³/mol.